The number of rotatable bonds is 8. The van der Waals surface area contributed by atoms with Gasteiger partial charge in [0.2, 0.25) is 5.91 Å². The Morgan fingerprint density at radius 2 is 1.80 bits per heavy atom. The van der Waals surface area contributed by atoms with Crippen LogP contribution in [0.15, 0.2) is 54.6 Å². The molecule has 4 nitrogen and oxygen atoms in total. The lowest BCUT2D eigenvalue weighted by molar-refractivity contribution is -0.119. The second-order valence-corrected chi connectivity index (χ2v) is 6.12. The van der Waals surface area contributed by atoms with E-state index >= 15 is 0 Å². The van der Waals surface area contributed by atoms with Crippen LogP contribution in [-0.4, -0.2) is 17.6 Å². The molecule has 0 bridgehead atoms. The van der Waals surface area contributed by atoms with Crippen LogP contribution in [0.1, 0.15) is 31.7 Å². The van der Waals surface area contributed by atoms with Crippen molar-refractivity contribution in [3.8, 4) is 5.75 Å². The monoisotopic (exact) mass is 356 g/mol. The molecule has 0 saturated heterocycles. The molecule has 5 heteroatoms. The molecule has 0 saturated carbocycles. The molecule has 0 aliphatic heterocycles. The summed E-state index contributed by atoms with van der Waals surface area (Å²) in [6, 6.07) is 17.8. The summed E-state index contributed by atoms with van der Waals surface area (Å²) >= 11 is 5.15. The van der Waals surface area contributed by atoms with Crippen LogP contribution in [0.3, 0.4) is 0 Å². The molecule has 2 aromatic rings. The lowest BCUT2D eigenvalue weighted by Gasteiger charge is -2.11. The number of carbonyl (C=O) groups is 1. The van der Waals surface area contributed by atoms with Gasteiger partial charge in [-0.05, 0) is 48.5 Å². The second-order valence-electron chi connectivity index (χ2n) is 5.71. The predicted molar refractivity (Wildman–Crippen MR) is 106 cm³/mol. The van der Waals surface area contributed by atoms with Gasteiger partial charge < -0.3 is 15.4 Å². The molecule has 0 atom stereocenters. The topological polar surface area (TPSA) is 50.4 Å². The van der Waals surface area contributed by atoms with Gasteiger partial charge in [0.1, 0.15) is 5.75 Å². The zero-order valence-electron chi connectivity index (χ0n) is 14.5. The van der Waals surface area contributed by atoms with Crippen LogP contribution in [0.4, 0.5) is 5.69 Å². The van der Waals surface area contributed by atoms with Crippen LogP contribution in [0.25, 0.3) is 0 Å². The van der Waals surface area contributed by atoms with Crippen molar-refractivity contribution >= 4 is 28.9 Å². The zero-order valence-corrected chi connectivity index (χ0v) is 15.3. The van der Waals surface area contributed by atoms with Gasteiger partial charge in [0.05, 0.1) is 6.61 Å². The first-order chi connectivity index (χ1) is 12.2. The van der Waals surface area contributed by atoms with E-state index in [9.17, 15) is 4.79 Å². The Morgan fingerprint density at radius 1 is 1.08 bits per heavy atom. The number of amides is 1. The van der Waals surface area contributed by atoms with Crippen molar-refractivity contribution in [2.75, 3.05) is 11.9 Å². The molecule has 132 valence electrons. The van der Waals surface area contributed by atoms with E-state index in [1.807, 2.05) is 49.4 Å². The third kappa shape index (κ3) is 7.35. The summed E-state index contributed by atoms with van der Waals surface area (Å²) in [5.41, 5.74) is 2.07. The minimum absolute atomic E-state index is 0.0554. The first-order valence-electron chi connectivity index (χ1n) is 8.55. The first-order valence-corrected chi connectivity index (χ1v) is 8.96. The molecule has 0 heterocycles. The van der Waals surface area contributed by atoms with Crippen molar-refractivity contribution in [3.05, 3.63) is 60.2 Å². The van der Waals surface area contributed by atoms with Gasteiger partial charge in [-0.15, -0.1) is 0 Å². The van der Waals surface area contributed by atoms with Crippen molar-refractivity contribution in [2.45, 2.75) is 32.6 Å². The summed E-state index contributed by atoms with van der Waals surface area (Å²) < 4.78 is 5.75. The van der Waals surface area contributed by atoms with Gasteiger partial charge in [-0.3, -0.25) is 4.79 Å². The number of hydrogen-bond donors (Lipinski definition) is 2. The standard InChI is InChI=1S/C20H24N2O2S/c1-2-3-9-19(23)22-20(25)21-17-10-12-18(13-11-17)24-15-14-16-7-5-4-6-8-16/h4-8,10-13H,2-3,9,14-15H2,1H3,(H2,21,22,23,25). The SMILES string of the molecule is CCCCC(=O)NC(=S)Nc1ccc(OCCc2ccccc2)cc1. The maximum Gasteiger partial charge on any atom is 0.226 e. The maximum atomic E-state index is 11.6. The smallest absolute Gasteiger partial charge is 0.226 e. The highest BCUT2D eigenvalue weighted by Crippen LogP contribution is 2.16. The summed E-state index contributed by atoms with van der Waals surface area (Å²) in [4.78, 5) is 11.6. The number of ether oxygens (including phenoxy) is 1. The Labute approximate surface area is 154 Å². The number of carbonyl (C=O) groups excluding carboxylic acids is 1. The molecule has 0 spiro atoms. The highest BCUT2D eigenvalue weighted by atomic mass is 32.1. The van der Waals surface area contributed by atoms with Crippen LogP contribution in [0.5, 0.6) is 5.75 Å². The second kappa shape index (κ2) is 10.5. The molecule has 0 aliphatic carbocycles. The Kier molecular flexibility index (Phi) is 7.92. The molecule has 0 aromatic heterocycles. The van der Waals surface area contributed by atoms with Crippen LogP contribution in [0, 0.1) is 0 Å². The molecule has 2 rings (SSSR count). The van der Waals surface area contributed by atoms with Crippen molar-refractivity contribution < 1.29 is 9.53 Å². The summed E-state index contributed by atoms with van der Waals surface area (Å²) in [7, 11) is 0. The predicted octanol–water partition coefficient (Wildman–Crippen LogP) is 4.31. The number of anilines is 1. The minimum Gasteiger partial charge on any atom is -0.493 e. The van der Waals surface area contributed by atoms with E-state index in [0.717, 1.165) is 30.7 Å². The Morgan fingerprint density at radius 3 is 2.48 bits per heavy atom. The normalized spacial score (nSPS) is 10.1. The maximum absolute atomic E-state index is 11.6. The summed E-state index contributed by atoms with van der Waals surface area (Å²) in [6.45, 7) is 2.68. The average Bonchev–Trinajstić information content (AvgIpc) is 2.62. The summed E-state index contributed by atoms with van der Waals surface area (Å²) in [5, 5.41) is 6.00. The van der Waals surface area contributed by atoms with E-state index in [1.165, 1.54) is 5.56 Å². The lowest BCUT2D eigenvalue weighted by Crippen LogP contribution is -2.33. The number of hydrogen-bond acceptors (Lipinski definition) is 3. The van der Waals surface area contributed by atoms with E-state index in [1.54, 1.807) is 0 Å². The highest BCUT2D eigenvalue weighted by Gasteiger charge is 2.04. The molecule has 2 aromatic carbocycles. The highest BCUT2D eigenvalue weighted by molar-refractivity contribution is 7.80. The molecule has 25 heavy (non-hydrogen) atoms. The molecule has 0 radical (unpaired) electrons. The fraction of sp³-hybridized carbons (Fsp3) is 0.300. The van der Waals surface area contributed by atoms with Gasteiger partial charge >= 0.3 is 0 Å². The van der Waals surface area contributed by atoms with Crippen molar-refractivity contribution in [3.63, 3.8) is 0 Å². The minimum atomic E-state index is -0.0554. The van der Waals surface area contributed by atoms with Gasteiger partial charge in [0, 0.05) is 18.5 Å². The number of benzene rings is 2. The Hall–Kier alpha value is -2.40. The van der Waals surface area contributed by atoms with Crippen molar-refractivity contribution in [2.24, 2.45) is 0 Å². The van der Waals surface area contributed by atoms with E-state index in [-0.39, 0.29) is 5.91 Å². The van der Waals surface area contributed by atoms with Crippen molar-refractivity contribution in [1.82, 2.24) is 5.32 Å². The molecule has 1 amide bonds. The zero-order chi connectivity index (χ0) is 17.9. The summed E-state index contributed by atoms with van der Waals surface area (Å²) in [6.07, 6.45) is 3.21. The molecule has 2 N–H and O–H groups in total. The fourth-order valence-corrected chi connectivity index (χ4v) is 2.49. The molecule has 0 unspecified atom stereocenters. The number of nitrogens with one attached hydrogen (secondary N) is 2. The fourth-order valence-electron chi connectivity index (χ4n) is 2.25. The number of thiocarbonyl (C=S) groups is 1. The third-order valence-corrected chi connectivity index (χ3v) is 3.83. The van der Waals surface area contributed by atoms with Gasteiger partial charge in [-0.1, -0.05) is 43.7 Å². The van der Waals surface area contributed by atoms with E-state index in [0.29, 0.717) is 18.1 Å². The quantitative estimate of drug-likeness (QED) is 0.692. The van der Waals surface area contributed by atoms with Gasteiger partial charge in [-0.2, -0.15) is 0 Å². The van der Waals surface area contributed by atoms with E-state index in [4.69, 9.17) is 17.0 Å². The van der Waals surface area contributed by atoms with Crippen LogP contribution >= 0.6 is 12.2 Å². The van der Waals surface area contributed by atoms with E-state index in [2.05, 4.69) is 22.8 Å². The third-order valence-electron chi connectivity index (χ3n) is 3.62. The summed E-state index contributed by atoms with van der Waals surface area (Å²) in [5.74, 6) is 0.750. The van der Waals surface area contributed by atoms with Crippen molar-refractivity contribution in [1.29, 1.82) is 0 Å². The van der Waals surface area contributed by atoms with Gasteiger partial charge in [0.25, 0.3) is 0 Å². The number of unbranched alkanes of at least 4 members (excludes halogenated alkanes) is 1. The molecule has 0 fully saturated rings. The van der Waals surface area contributed by atoms with Crippen LogP contribution in [0.2, 0.25) is 0 Å². The van der Waals surface area contributed by atoms with E-state index < -0.39 is 0 Å². The molecular weight excluding hydrogens is 332 g/mol. The largest absolute Gasteiger partial charge is 0.493 e. The van der Waals surface area contributed by atoms with Gasteiger partial charge in [0.15, 0.2) is 5.11 Å². The van der Waals surface area contributed by atoms with Crippen LogP contribution < -0.4 is 15.4 Å². The molecule has 0 aliphatic rings. The Balaban J connectivity index is 1.73. The lowest BCUT2D eigenvalue weighted by atomic mass is 10.2. The molecular formula is C20H24N2O2S. The van der Waals surface area contributed by atoms with Crippen LogP contribution in [-0.2, 0) is 11.2 Å². The Bertz CT molecular complexity index is 672. The average molecular weight is 356 g/mol. The van der Waals surface area contributed by atoms with Gasteiger partial charge in [-0.25, -0.2) is 0 Å². The first kappa shape index (κ1) is 18.9.